The smallest absolute Gasteiger partial charge is 0.265 e. The van der Waals surface area contributed by atoms with Crippen LogP contribution in [0.1, 0.15) is 27.2 Å². The second-order valence-electron chi connectivity index (χ2n) is 5.69. The van der Waals surface area contributed by atoms with E-state index in [9.17, 15) is 4.79 Å². The quantitative estimate of drug-likeness (QED) is 0.680. The summed E-state index contributed by atoms with van der Waals surface area (Å²) in [6.07, 6.45) is 0.293. The SMILES string of the molecule is CCC(C)Oc1cccc(NC(=O)C(C)Oc2ccc(Cl)cc2Cl)c1. The van der Waals surface area contributed by atoms with Crippen molar-refractivity contribution in [3.05, 3.63) is 52.5 Å². The molecule has 0 fully saturated rings. The molecule has 6 heteroatoms. The van der Waals surface area contributed by atoms with Gasteiger partial charge in [0.1, 0.15) is 11.5 Å². The van der Waals surface area contributed by atoms with Crippen LogP contribution in [0.15, 0.2) is 42.5 Å². The van der Waals surface area contributed by atoms with Crippen molar-refractivity contribution in [1.29, 1.82) is 0 Å². The lowest BCUT2D eigenvalue weighted by atomic mass is 10.2. The van der Waals surface area contributed by atoms with Crippen LogP contribution in [0.3, 0.4) is 0 Å². The predicted molar refractivity (Wildman–Crippen MR) is 102 cm³/mol. The molecule has 1 N–H and O–H groups in total. The Balaban J connectivity index is 2.00. The van der Waals surface area contributed by atoms with Crippen molar-refractivity contribution in [2.45, 2.75) is 39.4 Å². The minimum atomic E-state index is -0.724. The Kier molecular flexibility index (Phi) is 6.97. The summed E-state index contributed by atoms with van der Waals surface area (Å²) in [5, 5.41) is 3.68. The third kappa shape index (κ3) is 5.83. The standard InChI is InChI=1S/C19H21Cl2NO3/c1-4-12(2)24-16-7-5-6-15(11-16)22-19(23)13(3)25-18-9-8-14(20)10-17(18)21/h5-13H,4H2,1-3H3,(H,22,23). The van der Waals surface area contributed by atoms with Gasteiger partial charge in [0.25, 0.3) is 5.91 Å². The van der Waals surface area contributed by atoms with Crippen LogP contribution in [0.4, 0.5) is 5.69 Å². The summed E-state index contributed by atoms with van der Waals surface area (Å²) in [6, 6.07) is 12.1. The molecule has 1 amide bonds. The first-order chi connectivity index (χ1) is 11.9. The minimum Gasteiger partial charge on any atom is -0.491 e. The first kappa shape index (κ1) is 19.4. The van der Waals surface area contributed by atoms with E-state index >= 15 is 0 Å². The van der Waals surface area contributed by atoms with E-state index in [2.05, 4.69) is 12.2 Å². The molecule has 2 atom stereocenters. The number of carbonyl (C=O) groups is 1. The number of hydrogen-bond acceptors (Lipinski definition) is 3. The van der Waals surface area contributed by atoms with Crippen LogP contribution in [0.2, 0.25) is 10.0 Å². The molecular weight excluding hydrogens is 361 g/mol. The zero-order valence-corrected chi connectivity index (χ0v) is 15.9. The maximum Gasteiger partial charge on any atom is 0.265 e. The molecule has 134 valence electrons. The number of nitrogens with one attached hydrogen (secondary N) is 1. The van der Waals surface area contributed by atoms with Gasteiger partial charge in [-0.1, -0.05) is 36.2 Å². The van der Waals surface area contributed by atoms with E-state index in [1.54, 1.807) is 37.3 Å². The van der Waals surface area contributed by atoms with E-state index in [0.717, 1.165) is 6.42 Å². The highest BCUT2D eigenvalue weighted by atomic mass is 35.5. The lowest BCUT2D eigenvalue weighted by Crippen LogP contribution is -2.30. The van der Waals surface area contributed by atoms with Crippen LogP contribution in [0, 0.1) is 0 Å². The van der Waals surface area contributed by atoms with Crippen molar-refractivity contribution < 1.29 is 14.3 Å². The van der Waals surface area contributed by atoms with E-state index in [1.165, 1.54) is 0 Å². The van der Waals surface area contributed by atoms with E-state index in [1.807, 2.05) is 19.1 Å². The van der Waals surface area contributed by atoms with Gasteiger partial charge >= 0.3 is 0 Å². The highest BCUT2D eigenvalue weighted by Gasteiger charge is 2.17. The van der Waals surface area contributed by atoms with Crippen LogP contribution in [-0.4, -0.2) is 18.1 Å². The fourth-order valence-corrected chi connectivity index (χ4v) is 2.47. The van der Waals surface area contributed by atoms with Crippen LogP contribution in [-0.2, 0) is 4.79 Å². The van der Waals surface area contributed by atoms with Crippen molar-refractivity contribution in [3.8, 4) is 11.5 Å². The molecule has 25 heavy (non-hydrogen) atoms. The predicted octanol–water partition coefficient (Wildman–Crippen LogP) is 5.58. The average Bonchev–Trinajstić information content (AvgIpc) is 2.57. The zero-order chi connectivity index (χ0) is 18.4. The normalized spacial score (nSPS) is 13.0. The lowest BCUT2D eigenvalue weighted by Gasteiger charge is -2.17. The van der Waals surface area contributed by atoms with Crippen LogP contribution < -0.4 is 14.8 Å². The van der Waals surface area contributed by atoms with Gasteiger partial charge in [-0.2, -0.15) is 0 Å². The average molecular weight is 382 g/mol. The van der Waals surface area contributed by atoms with Gasteiger partial charge in [-0.3, -0.25) is 4.79 Å². The number of rotatable bonds is 7. The molecule has 0 aromatic heterocycles. The number of anilines is 1. The van der Waals surface area contributed by atoms with Crippen molar-refractivity contribution in [2.75, 3.05) is 5.32 Å². The molecule has 2 unspecified atom stereocenters. The summed E-state index contributed by atoms with van der Waals surface area (Å²) < 4.78 is 11.4. The van der Waals surface area contributed by atoms with E-state index in [0.29, 0.717) is 27.2 Å². The first-order valence-electron chi connectivity index (χ1n) is 8.08. The van der Waals surface area contributed by atoms with Gasteiger partial charge in [0.2, 0.25) is 0 Å². The molecule has 0 spiro atoms. The van der Waals surface area contributed by atoms with Crippen molar-refractivity contribution in [2.24, 2.45) is 0 Å². The molecule has 0 saturated heterocycles. The second-order valence-corrected chi connectivity index (χ2v) is 6.53. The molecule has 0 radical (unpaired) electrons. The molecule has 2 rings (SSSR count). The molecule has 0 heterocycles. The van der Waals surface area contributed by atoms with Gasteiger partial charge in [0.15, 0.2) is 6.10 Å². The molecule has 2 aromatic rings. The fourth-order valence-electron chi connectivity index (χ4n) is 2.02. The van der Waals surface area contributed by atoms with Gasteiger partial charge in [-0.25, -0.2) is 0 Å². The lowest BCUT2D eigenvalue weighted by molar-refractivity contribution is -0.122. The Morgan fingerprint density at radius 3 is 2.56 bits per heavy atom. The molecule has 0 bridgehead atoms. The van der Waals surface area contributed by atoms with Crippen molar-refractivity contribution in [1.82, 2.24) is 0 Å². The number of halogens is 2. The second kappa shape index (κ2) is 8.97. The van der Waals surface area contributed by atoms with Gasteiger partial charge in [-0.15, -0.1) is 0 Å². The Morgan fingerprint density at radius 2 is 1.88 bits per heavy atom. The summed E-state index contributed by atoms with van der Waals surface area (Å²) in [7, 11) is 0. The van der Waals surface area contributed by atoms with Crippen LogP contribution >= 0.6 is 23.2 Å². The number of hydrogen-bond donors (Lipinski definition) is 1. The van der Waals surface area contributed by atoms with E-state index in [-0.39, 0.29) is 12.0 Å². The molecule has 2 aromatic carbocycles. The van der Waals surface area contributed by atoms with Gasteiger partial charge in [-0.05, 0) is 50.6 Å². The van der Waals surface area contributed by atoms with Crippen molar-refractivity contribution >= 4 is 34.8 Å². The molecular formula is C19H21Cl2NO3. The number of ether oxygens (including phenoxy) is 2. The van der Waals surface area contributed by atoms with Crippen LogP contribution in [0.25, 0.3) is 0 Å². The van der Waals surface area contributed by atoms with E-state index in [4.69, 9.17) is 32.7 Å². The topological polar surface area (TPSA) is 47.6 Å². The summed E-state index contributed by atoms with van der Waals surface area (Å²) in [6.45, 7) is 5.70. The first-order valence-corrected chi connectivity index (χ1v) is 8.84. The van der Waals surface area contributed by atoms with Crippen LogP contribution in [0.5, 0.6) is 11.5 Å². The Morgan fingerprint density at radius 1 is 1.12 bits per heavy atom. The third-order valence-corrected chi connectivity index (χ3v) is 4.11. The Bertz CT molecular complexity index is 736. The minimum absolute atomic E-state index is 0.111. The summed E-state index contributed by atoms with van der Waals surface area (Å²) >= 11 is 11.9. The largest absolute Gasteiger partial charge is 0.491 e. The third-order valence-electron chi connectivity index (χ3n) is 3.58. The van der Waals surface area contributed by atoms with E-state index < -0.39 is 6.10 Å². The van der Waals surface area contributed by atoms with Gasteiger partial charge < -0.3 is 14.8 Å². The highest BCUT2D eigenvalue weighted by Crippen LogP contribution is 2.28. The van der Waals surface area contributed by atoms with Gasteiger partial charge in [0.05, 0.1) is 11.1 Å². The monoisotopic (exact) mass is 381 g/mol. The number of carbonyl (C=O) groups excluding carboxylic acids is 1. The fraction of sp³-hybridized carbons (Fsp3) is 0.316. The van der Waals surface area contributed by atoms with Crippen molar-refractivity contribution in [3.63, 3.8) is 0 Å². The molecule has 0 aliphatic carbocycles. The maximum atomic E-state index is 12.3. The zero-order valence-electron chi connectivity index (χ0n) is 14.4. The molecule has 4 nitrogen and oxygen atoms in total. The van der Waals surface area contributed by atoms with Gasteiger partial charge in [0, 0.05) is 16.8 Å². The summed E-state index contributed by atoms with van der Waals surface area (Å²) in [5.41, 5.74) is 0.642. The Labute approximate surface area is 158 Å². The molecule has 0 aliphatic heterocycles. The highest BCUT2D eigenvalue weighted by molar-refractivity contribution is 6.35. The maximum absolute atomic E-state index is 12.3. The molecule has 0 aliphatic rings. The summed E-state index contributed by atoms with van der Waals surface area (Å²) in [5.74, 6) is 0.829. The number of amides is 1. The molecule has 0 saturated carbocycles. The number of benzene rings is 2. The Hall–Kier alpha value is -1.91. The summed E-state index contributed by atoms with van der Waals surface area (Å²) in [4.78, 5) is 12.3.